The first-order valence-electron chi connectivity index (χ1n) is 37.5. The van der Waals surface area contributed by atoms with Gasteiger partial charge in [-0.15, -0.1) is 0 Å². The number of benzene rings is 2. The Morgan fingerprint density at radius 2 is 0.864 bits per heavy atom. The highest BCUT2D eigenvalue weighted by Crippen LogP contribution is 2.23. The average molecular weight is 1540 g/mol. The van der Waals surface area contributed by atoms with Gasteiger partial charge in [-0.3, -0.25) is 67.7 Å². The number of carboxylic acid groups (broad SMARTS) is 1. The van der Waals surface area contributed by atoms with Crippen molar-refractivity contribution in [1.29, 1.82) is 5.41 Å². The number of aliphatic hydroxyl groups excluding tert-OH is 3. The van der Waals surface area contributed by atoms with Gasteiger partial charge in [-0.25, -0.2) is 0 Å². The van der Waals surface area contributed by atoms with Crippen molar-refractivity contribution in [2.45, 2.75) is 224 Å². The number of fused-ring (bicyclic) bond motifs is 2. The summed E-state index contributed by atoms with van der Waals surface area (Å²) in [6.07, 6.45) is 3.45. The molecule has 0 aliphatic rings. The minimum Gasteiger partial charge on any atom is -0.481 e. The molecular formula is C74H117N19O17. The number of rotatable bonds is 51. The van der Waals surface area contributed by atoms with Gasteiger partial charge < -0.3 is 117 Å². The largest absolute Gasteiger partial charge is 0.481 e. The number of hydrogen-bond acceptors (Lipinski definition) is 19. The average Bonchev–Trinajstić information content (AvgIpc) is 1.65. The molecule has 0 saturated carbocycles. The summed E-state index contributed by atoms with van der Waals surface area (Å²) in [5.74, 6) is -14.3. The maximum atomic E-state index is 14.9. The van der Waals surface area contributed by atoms with Crippen molar-refractivity contribution in [2.75, 3.05) is 32.8 Å². The van der Waals surface area contributed by atoms with Crippen molar-refractivity contribution in [3.8, 4) is 0 Å². The van der Waals surface area contributed by atoms with Crippen LogP contribution in [0.5, 0.6) is 0 Å². The van der Waals surface area contributed by atoms with Crippen LogP contribution in [0.25, 0.3) is 21.8 Å². The number of aliphatic carboxylic acids is 1. The Kier molecular flexibility index (Phi) is 39.3. The lowest BCUT2D eigenvalue weighted by atomic mass is 9.93. The minimum absolute atomic E-state index is 0.000654. The Morgan fingerprint density at radius 3 is 1.32 bits per heavy atom. The highest BCUT2D eigenvalue weighted by molar-refractivity contribution is 6.00. The molecule has 0 spiro atoms. The molecular weight excluding hydrogens is 1430 g/mol. The molecule has 2 heterocycles. The van der Waals surface area contributed by atoms with E-state index in [-0.39, 0.29) is 89.1 Å². The molecule has 4 rings (SSSR count). The predicted molar refractivity (Wildman–Crippen MR) is 410 cm³/mol. The first-order chi connectivity index (χ1) is 52.2. The summed E-state index contributed by atoms with van der Waals surface area (Å²) < 4.78 is 0. The fourth-order valence-corrected chi connectivity index (χ4v) is 12.2. The zero-order valence-corrected chi connectivity index (χ0v) is 64.1. The van der Waals surface area contributed by atoms with E-state index in [1.165, 1.54) is 20.8 Å². The number of nitrogens with two attached hydrogens (primary N) is 4. The summed E-state index contributed by atoms with van der Waals surface area (Å²) >= 11 is 0. The fourth-order valence-electron chi connectivity index (χ4n) is 12.2. The predicted octanol–water partition coefficient (Wildman–Crippen LogP) is -2.22. The van der Waals surface area contributed by atoms with Crippen molar-refractivity contribution in [2.24, 2.45) is 46.6 Å². The van der Waals surface area contributed by atoms with Crippen molar-refractivity contribution in [3.63, 3.8) is 0 Å². The van der Waals surface area contributed by atoms with E-state index in [2.05, 4.69) is 73.8 Å². The lowest BCUT2D eigenvalue weighted by Gasteiger charge is -2.30. The first kappa shape index (κ1) is 92.1. The van der Waals surface area contributed by atoms with Gasteiger partial charge in [0.05, 0.1) is 19.3 Å². The molecule has 0 fully saturated rings. The van der Waals surface area contributed by atoms with Gasteiger partial charge in [0, 0.05) is 65.9 Å². The molecule has 0 bridgehead atoms. The van der Waals surface area contributed by atoms with Crippen LogP contribution in [-0.2, 0) is 75.2 Å². The molecule has 2 aromatic carbocycles. The molecule has 610 valence electrons. The Morgan fingerprint density at radius 1 is 0.464 bits per heavy atom. The number of carboxylic acids is 1. The number of aliphatic hydroxyl groups is 3. The molecule has 0 aliphatic heterocycles. The third kappa shape index (κ3) is 30.3. The molecule has 27 N–H and O–H groups in total. The Balaban J connectivity index is 1.68. The summed E-state index contributed by atoms with van der Waals surface area (Å²) in [5.41, 5.74) is 24.8. The van der Waals surface area contributed by atoms with Crippen LogP contribution in [0, 0.1) is 29.1 Å². The van der Waals surface area contributed by atoms with Crippen LogP contribution in [0.4, 0.5) is 0 Å². The molecule has 12 amide bonds. The lowest BCUT2D eigenvalue weighted by molar-refractivity contribution is -0.138. The number of para-hydroxylation sites is 2. The summed E-state index contributed by atoms with van der Waals surface area (Å²) in [6, 6.07) is -2.80. The monoisotopic (exact) mass is 1540 g/mol. The van der Waals surface area contributed by atoms with Crippen LogP contribution in [0.2, 0.25) is 0 Å². The van der Waals surface area contributed by atoms with E-state index in [9.17, 15) is 82.8 Å². The third-order valence-electron chi connectivity index (χ3n) is 18.9. The van der Waals surface area contributed by atoms with Gasteiger partial charge in [0.2, 0.25) is 70.9 Å². The van der Waals surface area contributed by atoms with Crippen LogP contribution in [-0.4, -0.2) is 219 Å². The third-order valence-corrected chi connectivity index (χ3v) is 18.9. The quantitative estimate of drug-likeness (QED) is 0.0126. The van der Waals surface area contributed by atoms with E-state index in [1.807, 2.05) is 6.92 Å². The number of aromatic nitrogens is 2. The van der Waals surface area contributed by atoms with Gasteiger partial charge in [0.25, 0.3) is 0 Å². The summed E-state index contributed by atoms with van der Waals surface area (Å²) in [4.78, 5) is 187. The molecule has 0 aliphatic carbocycles. The molecule has 36 nitrogen and oxygen atoms in total. The van der Waals surface area contributed by atoms with Crippen molar-refractivity contribution >= 4 is 105 Å². The van der Waals surface area contributed by atoms with Crippen molar-refractivity contribution in [1.82, 2.24) is 73.8 Å². The number of nitrogens with one attached hydrogen (secondary N) is 15. The highest BCUT2D eigenvalue weighted by atomic mass is 16.4. The summed E-state index contributed by atoms with van der Waals surface area (Å²) in [6.45, 7) is 11.4. The van der Waals surface area contributed by atoms with Gasteiger partial charge in [-0.1, -0.05) is 97.2 Å². The number of carbonyl (C=O) groups is 13. The number of amides is 12. The number of aromatic amines is 2. The number of hydrogen-bond donors (Lipinski definition) is 23. The van der Waals surface area contributed by atoms with E-state index < -0.39 is 180 Å². The Hall–Kier alpha value is -10.3. The van der Waals surface area contributed by atoms with Gasteiger partial charge in [-0.05, 0) is 126 Å². The molecule has 1 unspecified atom stereocenters. The molecule has 36 heteroatoms. The standard InChI is InChI=1S/C74H117N19O17/c1-9-41(5)60(92-63(100)42(6)26-27-59(97)98)72(109)89-54(32-40(4)19-14-16-28-75)67(104)84-51(24-15-17-29-76)65(102)90-58(38-95)71(108)87-55(33-45-35-81-49-22-12-10-20-47(45)49)68(105)91-57(37-94)70(107)85-52(25-18-30-80-74(78)79)64(101)86-56(34-46-36-82-50-23-13-11-21-48(46)50)69(106)93-61(44(8)96)73(110)88-53(31-39(2)3)66(103)83-43(7)62(77)99/h10-13,20-23,35-36,39-44,51-58,60-61,81-82,94-96H,9,14-19,24-34,37-38,75-76H2,1-8H3,(H2,77,99)(H,83,103)(H,84,104)(H,85,107)(H,86,101)(H,87,108)(H,88,110)(H,89,109)(H,90,102)(H,91,105)(H,92,100)(H,93,106)(H,97,98)(H4,78,79,80)/t40?,41-,42-,43-,44+,51-,52-,53-,54-,55-,56-,57-,58-,60-,61-/m0/s1. The van der Waals surface area contributed by atoms with Gasteiger partial charge in [0.15, 0.2) is 5.96 Å². The van der Waals surface area contributed by atoms with Gasteiger partial charge in [0.1, 0.15) is 66.5 Å². The second-order valence-corrected chi connectivity index (χ2v) is 28.6. The zero-order chi connectivity index (χ0) is 81.9. The summed E-state index contributed by atoms with van der Waals surface area (Å²) in [7, 11) is 0. The number of unbranched alkanes of at least 4 members (excludes halogenated alkanes) is 2. The van der Waals surface area contributed by atoms with E-state index in [0.717, 1.165) is 0 Å². The molecule has 2 aromatic heterocycles. The van der Waals surface area contributed by atoms with E-state index in [1.54, 1.807) is 88.6 Å². The van der Waals surface area contributed by atoms with Crippen LogP contribution < -0.4 is 86.7 Å². The van der Waals surface area contributed by atoms with Crippen LogP contribution >= 0.6 is 0 Å². The smallest absolute Gasteiger partial charge is 0.303 e. The molecule has 4 aromatic rings. The molecule has 15 atom stereocenters. The van der Waals surface area contributed by atoms with Crippen molar-refractivity contribution in [3.05, 3.63) is 72.1 Å². The second-order valence-electron chi connectivity index (χ2n) is 28.6. The SMILES string of the molecule is CC[C@H](C)[C@H](NC(=O)[C@@H](C)CCC(=O)O)C(=O)N[C@@H](CC(C)CCCCN)C(=O)N[C@@H](CCCCN)C(=O)N[C@@H](CO)C(=O)N[C@@H](Cc1c[nH]c2ccccc12)C(=O)N[C@@H](CO)C(=O)N[C@@H](CCCNC(=N)N)C(=O)N[C@@H](Cc1c[nH]c2ccccc12)C(=O)N[C@H](C(=O)N[C@@H](CC(C)C)C(=O)N[C@@H](C)C(N)=O)[C@@H](C)O. The molecule has 110 heavy (non-hydrogen) atoms. The van der Waals surface area contributed by atoms with E-state index in [0.29, 0.717) is 71.6 Å². The number of primary amides is 1. The fraction of sp³-hybridized carbons (Fsp3) is 0.595. The maximum Gasteiger partial charge on any atom is 0.303 e. The Labute approximate surface area is 639 Å². The highest BCUT2D eigenvalue weighted by Gasteiger charge is 2.39. The minimum atomic E-state index is -1.90. The van der Waals surface area contributed by atoms with Gasteiger partial charge >= 0.3 is 5.97 Å². The maximum absolute atomic E-state index is 14.9. The van der Waals surface area contributed by atoms with E-state index >= 15 is 0 Å². The van der Waals surface area contributed by atoms with Crippen LogP contribution in [0.3, 0.4) is 0 Å². The lowest BCUT2D eigenvalue weighted by Crippen LogP contribution is -2.62. The molecule has 0 radical (unpaired) electrons. The first-order valence-corrected chi connectivity index (χ1v) is 37.5. The van der Waals surface area contributed by atoms with Gasteiger partial charge in [-0.2, -0.15) is 0 Å². The zero-order valence-electron chi connectivity index (χ0n) is 64.1. The number of carbonyl (C=O) groups excluding carboxylic acids is 12. The topological polar surface area (TPSA) is 607 Å². The number of guanidine groups is 1. The van der Waals surface area contributed by atoms with Crippen LogP contribution in [0.1, 0.15) is 150 Å². The van der Waals surface area contributed by atoms with E-state index in [4.69, 9.17) is 28.3 Å². The van der Waals surface area contributed by atoms with Crippen LogP contribution in [0.15, 0.2) is 60.9 Å². The normalized spacial score (nSPS) is 15.5. The molecule has 0 saturated heterocycles. The summed E-state index contributed by atoms with van der Waals surface area (Å²) in [5, 5.41) is 82.0. The number of H-pyrrole nitrogens is 2. The second kappa shape index (κ2) is 46.9. The Bertz CT molecular complexity index is 3740. The van der Waals surface area contributed by atoms with Crippen molar-refractivity contribution < 1.29 is 82.8 Å².